The minimum Gasteiger partial charge on any atom is -0.465 e. The molecule has 1 aromatic carbocycles. The first-order chi connectivity index (χ1) is 15.0. The van der Waals surface area contributed by atoms with Crippen LogP contribution in [0.2, 0.25) is 0 Å². The molecule has 0 spiro atoms. The molecule has 0 aliphatic heterocycles. The minimum absolute atomic E-state index is 0.226. The lowest BCUT2D eigenvalue weighted by Crippen LogP contribution is -2.15. The number of phosphoric ester groups is 1. The van der Waals surface area contributed by atoms with Crippen LogP contribution in [0.25, 0.3) is 0 Å². The van der Waals surface area contributed by atoms with Crippen molar-refractivity contribution in [1.82, 2.24) is 0 Å². The Morgan fingerprint density at radius 3 is 1.71 bits per heavy atom. The monoisotopic (exact) mass is 456 g/mol. The molecule has 0 heterocycles. The summed E-state index contributed by atoms with van der Waals surface area (Å²) in [6.07, 6.45) is 18.4. The summed E-state index contributed by atoms with van der Waals surface area (Å²) in [6, 6.07) is 9.05. The molecule has 1 rings (SSSR count). The second-order valence-electron chi connectivity index (χ2n) is 8.36. The van der Waals surface area contributed by atoms with Crippen LogP contribution < -0.4 is 4.74 Å². The Morgan fingerprint density at radius 2 is 1.23 bits per heavy atom. The molecular formula is C25H45O5P. The zero-order valence-corrected chi connectivity index (χ0v) is 20.7. The third-order valence-electron chi connectivity index (χ3n) is 5.33. The summed E-state index contributed by atoms with van der Waals surface area (Å²) >= 11 is 0. The predicted octanol–water partition coefficient (Wildman–Crippen LogP) is 8.42. The van der Waals surface area contributed by atoms with Crippen molar-refractivity contribution < 1.29 is 23.2 Å². The average molecular weight is 457 g/mol. The van der Waals surface area contributed by atoms with Gasteiger partial charge in [-0.3, -0.25) is 4.52 Å². The predicted molar refractivity (Wildman–Crippen MR) is 128 cm³/mol. The largest absolute Gasteiger partial charge is 0.475 e. The molecule has 0 aliphatic rings. The first-order valence-corrected chi connectivity index (χ1v) is 13.9. The van der Waals surface area contributed by atoms with Gasteiger partial charge in [0.1, 0.15) is 5.75 Å². The van der Waals surface area contributed by atoms with Gasteiger partial charge < -0.3 is 9.63 Å². The average Bonchev–Trinajstić information content (AvgIpc) is 2.73. The molecule has 5 nitrogen and oxygen atoms in total. The van der Waals surface area contributed by atoms with Gasteiger partial charge in [0.2, 0.25) is 6.29 Å². The van der Waals surface area contributed by atoms with E-state index < -0.39 is 14.1 Å². The lowest BCUT2D eigenvalue weighted by Gasteiger charge is -2.18. The van der Waals surface area contributed by atoms with Crippen molar-refractivity contribution in [2.45, 2.75) is 116 Å². The van der Waals surface area contributed by atoms with Gasteiger partial charge >= 0.3 is 7.82 Å². The molecular weight excluding hydrogens is 411 g/mol. The smallest absolute Gasteiger partial charge is 0.465 e. The van der Waals surface area contributed by atoms with Gasteiger partial charge in [0.25, 0.3) is 0 Å². The third-order valence-corrected chi connectivity index (χ3v) is 6.40. The van der Waals surface area contributed by atoms with E-state index in [1.54, 1.807) is 19.1 Å². The van der Waals surface area contributed by atoms with Gasteiger partial charge in [-0.15, -0.1) is 0 Å². The van der Waals surface area contributed by atoms with Crippen LogP contribution in [0.15, 0.2) is 30.3 Å². The van der Waals surface area contributed by atoms with Crippen molar-refractivity contribution in [1.29, 1.82) is 0 Å². The summed E-state index contributed by atoms with van der Waals surface area (Å²) in [5, 5.41) is 0. The van der Waals surface area contributed by atoms with E-state index in [2.05, 4.69) is 6.92 Å². The number of phosphoric acid groups is 1. The van der Waals surface area contributed by atoms with Crippen LogP contribution in [-0.2, 0) is 13.6 Å². The third kappa shape index (κ3) is 17.4. The SMILES string of the molecule is CCCCCCCCCCCCCCCCCOP(=O)(O)OC(C)Oc1ccccc1. The highest BCUT2D eigenvalue weighted by Crippen LogP contribution is 2.44. The molecule has 0 aliphatic carbocycles. The van der Waals surface area contributed by atoms with E-state index in [4.69, 9.17) is 13.8 Å². The molecule has 0 amide bonds. The number of rotatable bonds is 21. The fraction of sp³-hybridized carbons (Fsp3) is 0.760. The van der Waals surface area contributed by atoms with Crippen LogP contribution >= 0.6 is 7.82 Å². The summed E-state index contributed by atoms with van der Waals surface area (Å²) in [6.45, 7) is 4.07. The van der Waals surface area contributed by atoms with Gasteiger partial charge in [0.05, 0.1) is 6.61 Å². The molecule has 1 N–H and O–H groups in total. The molecule has 0 saturated heterocycles. The molecule has 2 unspecified atom stereocenters. The normalized spacial score (nSPS) is 14.3. The second kappa shape index (κ2) is 18.7. The second-order valence-corrected chi connectivity index (χ2v) is 9.76. The molecule has 0 bridgehead atoms. The summed E-state index contributed by atoms with van der Waals surface area (Å²) in [4.78, 5) is 9.81. The molecule has 0 radical (unpaired) electrons. The summed E-state index contributed by atoms with van der Waals surface area (Å²) in [7, 11) is -4.10. The van der Waals surface area contributed by atoms with Gasteiger partial charge in [-0.2, -0.15) is 0 Å². The number of para-hydroxylation sites is 1. The molecule has 180 valence electrons. The van der Waals surface area contributed by atoms with Crippen LogP contribution in [-0.4, -0.2) is 17.8 Å². The highest BCUT2D eigenvalue weighted by Gasteiger charge is 2.25. The summed E-state index contributed by atoms with van der Waals surface area (Å²) in [5.74, 6) is 0.581. The number of unbranched alkanes of at least 4 members (excludes halogenated alkanes) is 14. The standard InChI is InChI=1S/C25H45O5P/c1-3-4-5-6-7-8-9-10-11-12-13-14-15-16-20-23-28-31(26,27)30-24(2)29-25-21-18-17-19-22-25/h17-19,21-22,24H,3-16,20,23H2,1-2H3,(H,26,27). The van der Waals surface area contributed by atoms with Crippen molar-refractivity contribution in [2.24, 2.45) is 0 Å². The Bertz CT molecular complexity index is 566. The Balaban J connectivity index is 1.89. The van der Waals surface area contributed by atoms with Crippen molar-refractivity contribution in [3.63, 3.8) is 0 Å². The zero-order chi connectivity index (χ0) is 22.6. The summed E-state index contributed by atoms with van der Waals surface area (Å²) < 4.78 is 27.5. The fourth-order valence-electron chi connectivity index (χ4n) is 3.58. The number of hydrogen-bond donors (Lipinski definition) is 1. The van der Waals surface area contributed by atoms with Crippen molar-refractivity contribution in [3.8, 4) is 5.75 Å². The maximum Gasteiger partial charge on any atom is 0.475 e. The highest BCUT2D eigenvalue weighted by atomic mass is 31.2. The number of benzene rings is 1. The van der Waals surface area contributed by atoms with E-state index in [0.29, 0.717) is 5.75 Å². The lowest BCUT2D eigenvalue weighted by molar-refractivity contribution is -0.00901. The molecule has 31 heavy (non-hydrogen) atoms. The fourth-order valence-corrected chi connectivity index (χ4v) is 4.42. The first kappa shape index (κ1) is 28.2. The van der Waals surface area contributed by atoms with Crippen molar-refractivity contribution in [3.05, 3.63) is 30.3 Å². The maximum absolute atomic E-state index is 12.0. The summed E-state index contributed by atoms with van der Waals surface area (Å²) in [5.41, 5.74) is 0. The molecule has 0 fully saturated rings. The van der Waals surface area contributed by atoms with Gasteiger partial charge in [-0.25, -0.2) is 9.09 Å². The van der Waals surface area contributed by atoms with Gasteiger partial charge in [0, 0.05) is 0 Å². The van der Waals surface area contributed by atoms with E-state index in [1.807, 2.05) is 18.2 Å². The first-order valence-electron chi connectivity index (χ1n) is 12.4. The lowest BCUT2D eigenvalue weighted by atomic mass is 10.0. The van der Waals surface area contributed by atoms with E-state index in [0.717, 1.165) is 19.3 Å². The van der Waals surface area contributed by atoms with Crippen LogP contribution in [0.1, 0.15) is 110 Å². The van der Waals surface area contributed by atoms with Crippen LogP contribution in [0.5, 0.6) is 5.75 Å². The van der Waals surface area contributed by atoms with E-state index in [9.17, 15) is 9.46 Å². The van der Waals surface area contributed by atoms with E-state index >= 15 is 0 Å². The highest BCUT2D eigenvalue weighted by molar-refractivity contribution is 7.47. The van der Waals surface area contributed by atoms with Crippen molar-refractivity contribution in [2.75, 3.05) is 6.61 Å². The zero-order valence-electron chi connectivity index (χ0n) is 19.8. The molecule has 1 aromatic rings. The minimum atomic E-state index is -4.10. The van der Waals surface area contributed by atoms with E-state index in [1.165, 1.54) is 77.0 Å². The van der Waals surface area contributed by atoms with Crippen LogP contribution in [0.3, 0.4) is 0 Å². The van der Waals surface area contributed by atoms with Gasteiger partial charge in [-0.1, -0.05) is 115 Å². The van der Waals surface area contributed by atoms with Gasteiger partial charge in [0.15, 0.2) is 0 Å². The quantitative estimate of drug-likeness (QED) is 0.114. The maximum atomic E-state index is 12.0. The Morgan fingerprint density at radius 1 is 0.774 bits per heavy atom. The van der Waals surface area contributed by atoms with Crippen LogP contribution in [0, 0.1) is 0 Å². The number of ether oxygens (including phenoxy) is 1. The Kier molecular flexibility index (Phi) is 17.0. The molecule has 2 atom stereocenters. The topological polar surface area (TPSA) is 65.0 Å². The molecule has 0 saturated carbocycles. The molecule has 0 aromatic heterocycles. The van der Waals surface area contributed by atoms with Crippen LogP contribution in [0.4, 0.5) is 0 Å². The Hall–Kier alpha value is -0.870. The van der Waals surface area contributed by atoms with Gasteiger partial charge in [-0.05, 0) is 25.5 Å². The molecule has 6 heteroatoms. The Labute approximate surface area is 190 Å². The van der Waals surface area contributed by atoms with E-state index in [-0.39, 0.29) is 6.61 Å². The van der Waals surface area contributed by atoms with Crippen molar-refractivity contribution >= 4 is 7.82 Å². The number of hydrogen-bond acceptors (Lipinski definition) is 4.